The van der Waals surface area contributed by atoms with Gasteiger partial charge >= 0.3 is 5.97 Å². The molecule has 0 aromatic heterocycles. The molecule has 0 saturated carbocycles. The second-order valence-electron chi connectivity index (χ2n) is 5.01. The van der Waals surface area contributed by atoms with E-state index in [4.69, 9.17) is 9.47 Å². The van der Waals surface area contributed by atoms with Crippen molar-refractivity contribution in [2.45, 2.75) is 13.8 Å². The molecule has 6 heteroatoms. The molecule has 0 saturated heterocycles. The Labute approximate surface area is 139 Å². The zero-order chi connectivity index (χ0) is 17.5. The van der Waals surface area contributed by atoms with E-state index in [0.717, 1.165) is 0 Å². The van der Waals surface area contributed by atoms with E-state index >= 15 is 0 Å². The molecule has 2 aromatic rings. The molecule has 1 amide bonds. The van der Waals surface area contributed by atoms with Gasteiger partial charge in [0.05, 0.1) is 6.61 Å². The quantitative estimate of drug-likeness (QED) is 0.825. The maximum Gasteiger partial charge on any atom is 0.342 e. The summed E-state index contributed by atoms with van der Waals surface area (Å²) in [6, 6.07) is 10.7. The van der Waals surface area contributed by atoms with E-state index in [1.165, 1.54) is 12.1 Å². The van der Waals surface area contributed by atoms with E-state index in [0.29, 0.717) is 23.6 Å². The lowest BCUT2D eigenvalue weighted by atomic mass is 10.2. The van der Waals surface area contributed by atoms with Crippen molar-refractivity contribution < 1.29 is 23.5 Å². The molecule has 0 radical (unpaired) electrons. The number of carbonyl (C=O) groups is 2. The minimum Gasteiger partial charge on any atom is -0.493 e. The highest BCUT2D eigenvalue weighted by Crippen LogP contribution is 2.19. The first kappa shape index (κ1) is 17.5. The van der Waals surface area contributed by atoms with E-state index in [1.807, 2.05) is 0 Å². The van der Waals surface area contributed by atoms with Crippen molar-refractivity contribution in [3.8, 4) is 5.75 Å². The van der Waals surface area contributed by atoms with Gasteiger partial charge in [-0.05, 0) is 43.7 Å². The van der Waals surface area contributed by atoms with Gasteiger partial charge in [0.25, 0.3) is 5.91 Å². The van der Waals surface area contributed by atoms with Gasteiger partial charge in [-0.15, -0.1) is 0 Å². The van der Waals surface area contributed by atoms with Crippen molar-refractivity contribution in [1.82, 2.24) is 0 Å². The van der Waals surface area contributed by atoms with Gasteiger partial charge in [-0.25, -0.2) is 9.18 Å². The Morgan fingerprint density at radius 2 is 1.92 bits per heavy atom. The SMILES string of the molecule is CCOc1ccccc1C(=O)OCC(=O)Nc1cc(F)ccc1C. The summed E-state index contributed by atoms with van der Waals surface area (Å²) in [6.07, 6.45) is 0. The van der Waals surface area contributed by atoms with Crippen LogP contribution in [-0.2, 0) is 9.53 Å². The molecule has 0 aliphatic heterocycles. The average Bonchev–Trinajstić information content (AvgIpc) is 2.57. The van der Waals surface area contributed by atoms with Crippen molar-refractivity contribution in [3.05, 3.63) is 59.4 Å². The molecule has 2 aromatic carbocycles. The van der Waals surface area contributed by atoms with E-state index < -0.39 is 24.3 Å². The smallest absolute Gasteiger partial charge is 0.342 e. The number of carbonyl (C=O) groups excluding carboxylic acids is 2. The number of nitrogens with one attached hydrogen (secondary N) is 1. The average molecular weight is 331 g/mol. The Bertz CT molecular complexity index is 746. The zero-order valence-corrected chi connectivity index (χ0v) is 13.5. The Morgan fingerprint density at radius 3 is 2.67 bits per heavy atom. The lowest BCUT2D eigenvalue weighted by Crippen LogP contribution is -2.21. The van der Waals surface area contributed by atoms with Gasteiger partial charge in [-0.1, -0.05) is 18.2 Å². The minimum atomic E-state index is -0.662. The van der Waals surface area contributed by atoms with Crippen LogP contribution in [0.4, 0.5) is 10.1 Å². The summed E-state index contributed by atoms with van der Waals surface area (Å²) in [6.45, 7) is 3.47. The topological polar surface area (TPSA) is 64.6 Å². The van der Waals surface area contributed by atoms with Crippen LogP contribution in [0.3, 0.4) is 0 Å². The number of halogens is 1. The molecule has 0 atom stereocenters. The van der Waals surface area contributed by atoms with E-state index in [2.05, 4.69) is 5.32 Å². The number of rotatable bonds is 6. The molecule has 0 fully saturated rings. The number of hydrogen-bond acceptors (Lipinski definition) is 4. The molecule has 0 unspecified atom stereocenters. The first-order valence-corrected chi connectivity index (χ1v) is 7.46. The highest BCUT2D eigenvalue weighted by Gasteiger charge is 2.15. The number of esters is 1. The third-order valence-electron chi connectivity index (χ3n) is 3.21. The van der Waals surface area contributed by atoms with Gasteiger partial charge in [-0.3, -0.25) is 4.79 Å². The van der Waals surface area contributed by atoms with E-state index in [-0.39, 0.29) is 5.56 Å². The number of para-hydroxylation sites is 1. The standard InChI is InChI=1S/C18H18FNO4/c1-3-23-16-7-5-4-6-14(16)18(22)24-11-17(21)20-15-10-13(19)9-8-12(15)2/h4-10H,3,11H2,1-2H3,(H,20,21). The van der Waals surface area contributed by atoms with E-state index in [1.54, 1.807) is 44.2 Å². The summed E-state index contributed by atoms with van der Waals surface area (Å²) in [7, 11) is 0. The Balaban J connectivity index is 1.96. The van der Waals surface area contributed by atoms with Crippen molar-refractivity contribution in [2.75, 3.05) is 18.5 Å². The van der Waals surface area contributed by atoms with Crippen molar-refractivity contribution in [3.63, 3.8) is 0 Å². The third kappa shape index (κ3) is 4.55. The highest BCUT2D eigenvalue weighted by molar-refractivity contribution is 5.97. The molecule has 5 nitrogen and oxygen atoms in total. The van der Waals surface area contributed by atoms with Crippen molar-refractivity contribution in [2.24, 2.45) is 0 Å². The number of anilines is 1. The van der Waals surface area contributed by atoms with Gasteiger partial charge in [0.2, 0.25) is 0 Å². The van der Waals surface area contributed by atoms with E-state index in [9.17, 15) is 14.0 Å². The lowest BCUT2D eigenvalue weighted by Gasteiger charge is -2.11. The van der Waals surface area contributed by atoms with Crippen LogP contribution in [0.15, 0.2) is 42.5 Å². The maximum absolute atomic E-state index is 13.2. The zero-order valence-electron chi connectivity index (χ0n) is 13.5. The number of ether oxygens (including phenoxy) is 2. The molecular formula is C18H18FNO4. The molecule has 0 heterocycles. The largest absolute Gasteiger partial charge is 0.493 e. The molecule has 0 spiro atoms. The number of amides is 1. The first-order chi connectivity index (χ1) is 11.5. The Morgan fingerprint density at radius 1 is 1.17 bits per heavy atom. The maximum atomic E-state index is 13.2. The van der Waals surface area contributed by atoms with Gasteiger partial charge in [-0.2, -0.15) is 0 Å². The molecule has 24 heavy (non-hydrogen) atoms. The lowest BCUT2D eigenvalue weighted by molar-refractivity contribution is -0.119. The summed E-state index contributed by atoms with van der Waals surface area (Å²) in [5.41, 5.74) is 1.29. The van der Waals surface area contributed by atoms with Crippen LogP contribution in [0.1, 0.15) is 22.8 Å². The van der Waals surface area contributed by atoms with Crippen LogP contribution >= 0.6 is 0 Å². The Kier molecular flexibility index (Phi) is 5.89. The fourth-order valence-electron chi connectivity index (χ4n) is 2.04. The van der Waals surface area contributed by atoms with Crippen LogP contribution in [0.25, 0.3) is 0 Å². The van der Waals surface area contributed by atoms with Gasteiger partial charge in [0.1, 0.15) is 17.1 Å². The predicted octanol–water partition coefficient (Wildman–Crippen LogP) is 3.33. The fourth-order valence-corrected chi connectivity index (χ4v) is 2.04. The summed E-state index contributed by atoms with van der Waals surface area (Å²) in [5, 5.41) is 2.51. The van der Waals surface area contributed by atoms with Gasteiger partial charge in [0, 0.05) is 5.69 Å². The van der Waals surface area contributed by atoms with Crippen LogP contribution in [0.2, 0.25) is 0 Å². The molecule has 0 aliphatic rings. The summed E-state index contributed by atoms with van der Waals surface area (Å²) in [5.74, 6) is -1.28. The van der Waals surface area contributed by atoms with Crippen molar-refractivity contribution in [1.29, 1.82) is 0 Å². The number of aryl methyl sites for hydroxylation is 1. The summed E-state index contributed by atoms with van der Waals surface area (Å²) >= 11 is 0. The molecule has 126 valence electrons. The highest BCUT2D eigenvalue weighted by atomic mass is 19.1. The molecule has 0 bridgehead atoms. The summed E-state index contributed by atoms with van der Waals surface area (Å²) < 4.78 is 23.5. The van der Waals surface area contributed by atoms with Crippen molar-refractivity contribution >= 4 is 17.6 Å². The second kappa shape index (κ2) is 8.10. The molecule has 0 aliphatic carbocycles. The fraction of sp³-hybridized carbons (Fsp3) is 0.222. The monoisotopic (exact) mass is 331 g/mol. The van der Waals surface area contributed by atoms with Gasteiger partial charge < -0.3 is 14.8 Å². The first-order valence-electron chi connectivity index (χ1n) is 7.46. The normalized spacial score (nSPS) is 10.1. The Hall–Kier alpha value is -2.89. The number of benzene rings is 2. The van der Waals surface area contributed by atoms with Gasteiger partial charge in [0.15, 0.2) is 6.61 Å². The minimum absolute atomic E-state index is 0.245. The predicted molar refractivity (Wildman–Crippen MR) is 87.7 cm³/mol. The van der Waals surface area contributed by atoms with Crippen LogP contribution in [0.5, 0.6) is 5.75 Å². The summed E-state index contributed by atoms with van der Waals surface area (Å²) in [4.78, 5) is 24.0. The third-order valence-corrected chi connectivity index (χ3v) is 3.21. The molecule has 1 N–H and O–H groups in total. The van der Waals surface area contributed by atoms with Crippen LogP contribution in [-0.4, -0.2) is 25.1 Å². The number of hydrogen-bond donors (Lipinski definition) is 1. The second-order valence-corrected chi connectivity index (χ2v) is 5.01. The molecular weight excluding hydrogens is 313 g/mol. The van der Waals surface area contributed by atoms with Crippen LogP contribution < -0.4 is 10.1 Å². The van der Waals surface area contributed by atoms with Crippen LogP contribution in [0, 0.1) is 12.7 Å². The molecule has 2 rings (SSSR count).